The van der Waals surface area contributed by atoms with E-state index in [2.05, 4.69) is 0 Å². The first-order chi connectivity index (χ1) is 16.8. The largest absolute Gasteiger partial charge is 0.463 e. The average molecular weight is 487 g/mol. The van der Waals surface area contributed by atoms with Gasteiger partial charge in [-0.2, -0.15) is 0 Å². The Bertz CT molecular complexity index is 979. The van der Waals surface area contributed by atoms with Crippen LogP contribution in [0.2, 0.25) is 0 Å². The molecule has 0 aromatic heterocycles. The number of ether oxygens (including phenoxy) is 6. The molecular weight excluding hydrogens is 456 g/mol. The minimum atomic E-state index is -1.42. The lowest BCUT2D eigenvalue weighted by atomic mass is 9.96. The fraction of sp³-hybridized carbons (Fsp3) is 0.423. The van der Waals surface area contributed by atoms with Gasteiger partial charge in [0.1, 0.15) is 12.7 Å². The van der Waals surface area contributed by atoms with Gasteiger partial charge in [0, 0.05) is 20.8 Å². The van der Waals surface area contributed by atoms with Crippen LogP contribution >= 0.6 is 0 Å². The van der Waals surface area contributed by atoms with E-state index in [0.717, 1.165) is 11.1 Å². The van der Waals surface area contributed by atoms with Crippen LogP contribution in [-0.4, -0.2) is 55.2 Å². The highest BCUT2D eigenvalue weighted by Crippen LogP contribution is 2.38. The molecule has 1 aliphatic heterocycles. The van der Waals surface area contributed by atoms with Gasteiger partial charge in [0.15, 0.2) is 11.7 Å². The van der Waals surface area contributed by atoms with Crippen LogP contribution in [0.5, 0.6) is 0 Å². The number of carbonyl (C=O) groups excluding carboxylic acids is 3. The van der Waals surface area contributed by atoms with Gasteiger partial charge in [0.2, 0.25) is 6.29 Å². The predicted molar refractivity (Wildman–Crippen MR) is 123 cm³/mol. The Balaban J connectivity index is 1.91. The fourth-order valence-corrected chi connectivity index (χ4v) is 3.79. The quantitative estimate of drug-likeness (QED) is 0.350. The Morgan fingerprint density at radius 2 is 1.34 bits per heavy atom. The van der Waals surface area contributed by atoms with E-state index in [1.807, 2.05) is 60.7 Å². The van der Waals surface area contributed by atoms with E-state index >= 15 is 0 Å². The molecule has 0 amide bonds. The van der Waals surface area contributed by atoms with Crippen molar-refractivity contribution in [3.63, 3.8) is 0 Å². The predicted octanol–water partition coefficient (Wildman–Crippen LogP) is 2.94. The van der Waals surface area contributed by atoms with Gasteiger partial charge in [-0.05, 0) is 11.1 Å². The molecule has 9 heteroatoms. The Labute approximate surface area is 204 Å². The molecular formula is C26H30O9. The van der Waals surface area contributed by atoms with Gasteiger partial charge in [-0.15, -0.1) is 0 Å². The summed E-state index contributed by atoms with van der Waals surface area (Å²) in [4.78, 5) is 35.4. The molecule has 0 aliphatic carbocycles. The highest BCUT2D eigenvalue weighted by Gasteiger charge is 2.60. The van der Waals surface area contributed by atoms with E-state index in [0.29, 0.717) is 0 Å². The van der Waals surface area contributed by atoms with Gasteiger partial charge >= 0.3 is 17.9 Å². The molecule has 2 aromatic rings. The van der Waals surface area contributed by atoms with Crippen LogP contribution in [0, 0.1) is 0 Å². The zero-order valence-electron chi connectivity index (χ0n) is 20.0. The molecule has 1 aliphatic rings. The van der Waals surface area contributed by atoms with Crippen LogP contribution in [0.4, 0.5) is 0 Å². The van der Waals surface area contributed by atoms with Crippen molar-refractivity contribution < 1.29 is 42.8 Å². The van der Waals surface area contributed by atoms with Crippen LogP contribution in [0.25, 0.3) is 0 Å². The summed E-state index contributed by atoms with van der Waals surface area (Å²) >= 11 is 0. The lowest BCUT2D eigenvalue weighted by Gasteiger charge is -2.33. The molecule has 0 saturated carbocycles. The van der Waals surface area contributed by atoms with Crippen molar-refractivity contribution >= 4 is 17.9 Å². The molecule has 0 N–H and O–H groups in total. The van der Waals surface area contributed by atoms with Crippen molar-refractivity contribution in [2.24, 2.45) is 0 Å². The highest BCUT2D eigenvalue weighted by atomic mass is 16.8. The van der Waals surface area contributed by atoms with E-state index in [4.69, 9.17) is 28.4 Å². The van der Waals surface area contributed by atoms with Crippen LogP contribution in [0.15, 0.2) is 60.7 Å². The first kappa shape index (κ1) is 26.3. The molecule has 35 heavy (non-hydrogen) atoms. The van der Waals surface area contributed by atoms with Crippen molar-refractivity contribution in [1.29, 1.82) is 0 Å². The van der Waals surface area contributed by atoms with Gasteiger partial charge in [-0.3, -0.25) is 14.4 Å². The standard InChI is InChI=1S/C26H30O9/c1-18(27)32-17-26(16-30-14-21-10-6-4-7-11-21)24(31-15-22-12-8-5-9-13-22)23(33-19(2)28)25(35-26)34-20(3)29/h4-13,23-25H,14-17H2,1-3H3/t23-,24+,25+,26+/m1/s1. The van der Waals surface area contributed by atoms with E-state index in [-0.39, 0.29) is 26.4 Å². The summed E-state index contributed by atoms with van der Waals surface area (Å²) in [5, 5.41) is 0. The Kier molecular flexibility index (Phi) is 9.36. The van der Waals surface area contributed by atoms with E-state index in [1.165, 1.54) is 20.8 Å². The number of rotatable bonds is 11. The summed E-state index contributed by atoms with van der Waals surface area (Å²) in [5.41, 5.74) is 0.356. The number of esters is 3. The maximum Gasteiger partial charge on any atom is 0.305 e. The number of carbonyl (C=O) groups is 3. The third kappa shape index (κ3) is 7.61. The van der Waals surface area contributed by atoms with E-state index < -0.39 is 42.0 Å². The lowest BCUT2D eigenvalue weighted by molar-refractivity contribution is -0.222. The summed E-state index contributed by atoms with van der Waals surface area (Å²) in [6, 6.07) is 18.8. The molecule has 0 radical (unpaired) electrons. The zero-order chi connectivity index (χ0) is 25.3. The monoisotopic (exact) mass is 486 g/mol. The zero-order valence-corrected chi connectivity index (χ0v) is 20.0. The minimum absolute atomic E-state index is 0.0931. The Morgan fingerprint density at radius 1 is 0.771 bits per heavy atom. The van der Waals surface area contributed by atoms with Crippen LogP contribution in [0.3, 0.4) is 0 Å². The van der Waals surface area contributed by atoms with Gasteiger partial charge in [-0.25, -0.2) is 0 Å². The maximum absolute atomic E-state index is 11.9. The summed E-state index contributed by atoms with van der Waals surface area (Å²) in [6.45, 7) is 3.73. The molecule has 9 nitrogen and oxygen atoms in total. The molecule has 3 rings (SSSR count). The Hall–Kier alpha value is -3.27. The second-order valence-electron chi connectivity index (χ2n) is 8.21. The van der Waals surface area contributed by atoms with E-state index in [1.54, 1.807) is 0 Å². The topological polar surface area (TPSA) is 107 Å². The molecule has 1 fully saturated rings. The van der Waals surface area contributed by atoms with Crippen molar-refractivity contribution in [3.8, 4) is 0 Å². The molecule has 1 heterocycles. The smallest absolute Gasteiger partial charge is 0.305 e. The van der Waals surface area contributed by atoms with Gasteiger partial charge in [0.25, 0.3) is 0 Å². The molecule has 1 saturated heterocycles. The molecule has 0 spiro atoms. The van der Waals surface area contributed by atoms with Gasteiger partial charge in [-0.1, -0.05) is 60.7 Å². The highest BCUT2D eigenvalue weighted by molar-refractivity contribution is 5.67. The number of benzene rings is 2. The first-order valence-electron chi connectivity index (χ1n) is 11.2. The summed E-state index contributed by atoms with van der Waals surface area (Å²) < 4.78 is 34.4. The summed E-state index contributed by atoms with van der Waals surface area (Å²) in [5.74, 6) is -1.79. The summed E-state index contributed by atoms with van der Waals surface area (Å²) in [6.07, 6.45) is -3.38. The third-order valence-corrected chi connectivity index (χ3v) is 5.27. The summed E-state index contributed by atoms with van der Waals surface area (Å²) in [7, 11) is 0. The molecule has 0 unspecified atom stereocenters. The second-order valence-corrected chi connectivity index (χ2v) is 8.21. The molecule has 4 atom stereocenters. The molecule has 0 bridgehead atoms. The van der Waals surface area contributed by atoms with Crippen LogP contribution in [0.1, 0.15) is 31.9 Å². The van der Waals surface area contributed by atoms with Gasteiger partial charge < -0.3 is 28.4 Å². The average Bonchev–Trinajstić information content (AvgIpc) is 3.09. The molecule has 188 valence electrons. The van der Waals surface area contributed by atoms with E-state index in [9.17, 15) is 14.4 Å². The fourth-order valence-electron chi connectivity index (χ4n) is 3.79. The van der Waals surface area contributed by atoms with Crippen molar-refractivity contribution in [2.75, 3.05) is 13.2 Å². The Morgan fingerprint density at radius 3 is 1.89 bits per heavy atom. The van der Waals surface area contributed by atoms with Crippen LogP contribution < -0.4 is 0 Å². The third-order valence-electron chi connectivity index (χ3n) is 5.27. The first-order valence-corrected chi connectivity index (χ1v) is 11.2. The van der Waals surface area contributed by atoms with Crippen molar-refractivity contribution in [3.05, 3.63) is 71.8 Å². The number of hydrogen-bond donors (Lipinski definition) is 0. The van der Waals surface area contributed by atoms with Crippen LogP contribution in [-0.2, 0) is 56.0 Å². The maximum atomic E-state index is 11.9. The minimum Gasteiger partial charge on any atom is -0.463 e. The van der Waals surface area contributed by atoms with Crippen molar-refractivity contribution in [2.45, 2.75) is 58.1 Å². The normalized spacial score (nSPS) is 23.5. The lowest BCUT2D eigenvalue weighted by Crippen LogP contribution is -2.53. The van der Waals surface area contributed by atoms with Gasteiger partial charge in [0.05, 0.1) is 19.8 Å². The number of hydrogen-bond acceptors (Lipinski definition) is 9. The SMILES string of the molecule is CC(=O)OC[C@]1(COCc2ccccc2)O[C@H](OC(C)=O)[C@H](OC(C)=O)[C@@H]1OCc1ccccc1. The second kappa shape index (κ2) is 12.4. The molecule has 2 aromatic carbocycles. The van der Waals surface area contributed by atoms with Crippen molar-refractivity contribution in [1.82, 2.24) is 0 Å².